The third kappa shape index (κ3) is 10.0. The number of nitrogens with zero attached hydrogens (tertiary/aromatic N) is 3. The number of aromatic nitrogens is 4. The normalized spacial score (nSPS) is 11.2. The second kappa shape index (κ2) is 18.4. The predicted octanol–water partition coefficient (Wildman–Crippen LogP) is 10.2. The van der Waals surface area contributed by atoms with E-state index in [0.717, 1.165) is 52.7 Å². The van der Waals surface area contributed by atoms with Gasteiger partial charge in [-0.05, 0) is 73.0 Å². The molecule has 0 spiro atoms. The van der Waals surface area contributed by atoms with E-state index in [4.69, 9.17) is 40.3 Å². The van der Waals surface area contributed by atoms with E-state index in [-0.39, 0.29) is 6.61 Å². The molecular weight excluding hydrogens is 676 g/mol. The van der Waals surface area contributed by atoms with Crippen molar-refractivity contribution in [1.82, 2.24) is 19.8 Å². The number of methoxy groups -OCH3 is 1. The Hall–Kier alpha value is -5.15. The summed E-state index contributed by atoms with van der Waals surface area (Å²) in [6.07, 6.45) is 8.54. The number of H-pyrrole nitrogens is 1. The van der Waals surface area contributed by atoms with Crippen molar-refractivity contribution in [2.24, 2.45) is 0 Å². The largest absolute Gasteiger partial charge is 0.497 e. The minimum absolute atomic E-state index is 0.285. The number of halogens is 1. The van der Waals surface area contributed by atoms with Crippen molar-refractivity contribution in [2.75, 3.05) is 26.9 Å². The highest BCUT2D eigenvalue weighted by atomic mass is 35.5. The lowest BCUT2D eigenvalue weighted by molar-refractivity contribution is 0.211. The topological polar surface area (TPSA) is 92.1 Å². The lowest BCUT2D eigenvalue weighted by Crippen LogP contribution is -2.09. The van der Waals surface area contributed by atoms with E-state index in [1.807, 2.05) is 60.7 Å². The third-order valence-corrected chi connectivity index (χ3v) is 9.05. The zero-order valence-corrected chi connectivity index (χ0v) is 31.0. The Labute approximate surface area is 310 Å². The maximum Gasteiger partial charge on any atom is 0.256 e. The number of rotatable bonds is 20. The molecule has 0 fully saturated rings. The molecule has 0 aliphatic heterocycles. The van der Waals surface area contributed by atoms with Gasteiger partial charge in [0.25, 0.3) is 5.88 Å². The number of nitrogens with one attached hydrogen (secondary N) is 1. The first-order chi connectivity index (χ1) is 25.5. The van der Waals surface area contributed by atoms with Crippen molar-refractivity contribution in [3.05, 3.63) is 124 Å². The summed E-state index contributed by atoms with van der Waals surface area (Å²) in [7, 11) is 1.65. The van der Waals surface area contributed by atoms with Gasteiger partial charge in [0.1, 0.15) is 47.8 Å². The minimum atomic E-state index is 0.285. The van der Waals surface area contributed by atoms with Crippen LogP contribution in [0.25, 0.3) is 5.65 Å². The summed E-state index contributed by atoms with van der Waals surface area (Å²) in [4.78, 5) is 4.79. The lowest BCUT2D eigenvalue weighted by atomic mass is 9.99. The van der Waals surface area contributed by atoms with Gasteiger partial charge in [0, 0.05) is 18.4 Å². The Morgan fingerprint density at radius 3 is 2.21 bits per heavy atom. The van der Waals surface area contributed by atoms with Crippen molar-refractivity contribution in [3.63, 3.8) is 0 Å². The number of unbranched alkanes of at least 4 members (excludes halogenated alkanes) is 5. The van der Waals surface area contributed by atoms with Crippen LogP contribution in [0.5, 0.6) is 34.6 Å². The first-order valence-electron chi connectivity index (χ1n) is 18.1. The molecule has 6 rings (SSSR count). The van der Waals surface area contributed by atoms with E-state index in [1.54, 1.807) is 11.7 Å². The number of fused-ring (bicyclic) bond motifs is 1. The van der Waals surface area contributed by atoms with Crippen molar-refractivity contribution in [2.45, 2.75) is 65.2 Å². The zero-order chi connectivity index (χ0) is 36.1. The molecule has 9 nitrogen and oxygen atoms in total. The molecule has 0 unspecified atom stereocenters. The van der Waals surface area contributed by atoms with Gasteiger partial charge in [0.15, 0.2) is 10.7 Å². The molecule has 4 aromatic carbocycles. The van der Waals surface area contributed by atoms with E-state index in [0.29, 0.717) is 47.6 Å². The summed E-state index contributed by atoms with van der Waals surface area (Å²) in [6, 6.07) is 29.9. The molecule has 0 radical (unpaired) electrons. The van der Waals surface area contributed by atoms with Crippen molar-refractivity contribution >= 4 is 17.2 Å². The van der Waals surface area contributed by atoms with Crippen LogP contribution in [0.3, 0.4) is 0 Å². The average Bonchev–Trinajstić information content (AvgIpc) is 3.69. The highest BCUT2D eigenvalue weighted by molar-refractivity contribution is 6.34. The number of ether oxygens (including phenoxy) is 5. The predicted molar refractivity (Wildman–Crippen MR) is 205 cm³/mol. The molecule has 0 aliphatic carbocycles. The number of hydrogen-bond acceptors (Lipinski definition) is 7. The SMILES string of the molecule is CCCCCCCCOc1ccc(C)cc1Cc1ccc(Oc2ccc(OC)cc2)c(Cc2nc3c(Cl)c(OCCOc4ccccc4)nn3[nH]2)c1. The van der Waals surface area contributed by atoms with Crippen molar-refractivity contribution in [1.29, 1.82) is 0 Å². The van der Waals surface area contributed by atoms with Crippen LogP contribution in [0, 0.1) is 6.92 Å². The zero-order valence-electron chi connectivity index (χ0n) is 30.2. The van der Waals surface area contributed by atoms with Crippen LogP contribution in [0.15, 0.2) is 91.0 Å². The number of aryl methyl sites for hydroxylation is 1. The van der Waals surface area contributed by atoms with Gasteiger partial charge in [-0.25, -0.2) is 4.98 Å². The first-order valence-corrected chi connectivity index (χ1v) is 18.5. The molecule has 2 heterocycles. The van der Waals surface area contributed by atoms with Gasteiger partial charge in [-0.3, -0.25) is 5.10 Å². The number of aromatic amines is 1. The molecule has 10 heteroatoms. The standard InChI is InChI=1S/C42H47ClN4O5/c1-4-5-6-7-8-12-23-50-37-21-15-30(2)26-32(37)27-31-16-22-38(52-36-19-17-34(48-3)18-20-36)33(28-31)29-39-44-41-40(43)42(46-47(41)45-39)51-25-24-49-35-13-10-9-11-14-35/h9-11,13-22,26,28H,4-8,12,23-25,27,29H2,1-3H3,(H,44,45). The molecule has 0 aliphatic rings. The third-order valence-electron chi connectivity index (χ3n) is 8.72. The van der Waals surface area contributed by atoms with Crippen LogP contribution < -0.4 is 23.7 Å². The number of benzene rings is 4. The van der Waals surface area contributed by atoms with E-state index in [9.17, 15) is 0 Å². The van der Waals surface area contributed by atoms with Gasteiger partial charge in [-0.15, -0.1) is 9.73 Å². The average molecular weight is 723 g/mol. The van der Waals surface area contributed by atoms with Crippen LogP contribution in [0.4, 0.5) is 0 Å². The molecule has 6 aromatic rings. The number of hydrogen-bond donors (Lipinski definition) is 1. The molecule has 0 amide bonds. The molecular formula is C42H47ClN4O5. The Morgan fingerprint density at radius 2 is 1.42 bits per heavy atom. The van der Waals surface area contributed by atoms with Gasteiger partial charge < -0.3 is 23.7 Å². The second-order valence-electron chi connectivity index (χ2n) is 12.8. The molecule has 1 N–H and O–H groups in total. The van der Waals surface area contributed by atoms with Crippen LogP contribution in [-0.4, -0.2) is 46.7 Å². The Kier molecular flexibility index (Phi) is 12.9. The summed E-state index contributed by atoms with van der Waals surface area (Å²) < 4.78 is 31.1. The van der Waals surface area contributed by atoms with Crippen LogP contribution in [0.2, 0.25) is 5.02 Å². The molecule has 52 heavy (non-hydrogen) atoms. The van der Waals surface area contributed by atoms with Gasteiger partial charge in [0.05, 0.1) is 13.7 Å². The van der Waals surface area contributed by atoms with Crippen LogP contribution in [-0.2, 0) is 12.8 Å². The van der Waals surface area contributed by atoms with Gasteiger partial charge in [-0.1, -0.05) is 98.7 Å². The summed E-state index contributed by atoms with van der Waals surface area (Å²) in [5.74, 6) is 4.87. The summed E-state index contributed by atoms with van der Waals surface area (Å²) >= 11 is 6.67. The van der Waals surface area contributed by atoms with Crippen molar-refractivity contribution < 1.29 is 23.7 Å². The fraction of sp³-hybridized carbons (Fsp3) is 0.333. The van der Waals surface area contributed by atoms with Crippen LogP contribution >= 0.6 is 11.6 Å². The van der Waals surface area contributed by atoms with Gasteiger partial charge in [-0.2, -0.15) is 0 Å². The molecule has 2 aromatic heterocycles. The second-order valence-corrected chi connectivity index (χ2v) is 13.2. The fourth-order valence-electron chi connectivity index (χ4n) is 6.01. The minimum Gasteiger partial charge on any atom is -0.497 e. The lowest BCUT2D eigenvalue weighted by Gasteiger charge is -2.15. The molecule has 0 atom stereocenters. The van der Waals surface area contributed by atoms with Crippen molar-refractivity contribution in [3.8, 4) is 34.6 Å². The fourth-order valence-corrected chi connectivity index (χ4v) is 6.22. The first kappa shape index (κ1) is 36.6. The maximum absolute atomic E-state index is 6.67. The Balaban J connectivity index is 1.18. The highest BCUT2D eigenvalue weighted by Gasteiger charge is 2.18. The monoisotopic (exact) mass is 722 g/mol. The molecule has 272 valence electrons. The quantitative estimate of drug-likeness (QED) is 0.0784. The van der Waals surface area contributed by atoms with E-state index >= 15 is 0 Å². The highest BCUT2D eigenvalue weighted by Crippen LogP contribution is 2.32. The van der Waals surface area contributed by atoms with Crippen LogP contribution in [0.1, 0.15) is 73.5 Å². The molecule has 0 saturated carbocycles. The Morgan fingerprint density at radius 1 is 0.692 bits per heavy atom. The van der Waals surface area contributed by atoms with E-state index in [1.165, 1.54) is 37.7 Å². The van der Waals surface area contributed by atoms with E-state index < -0.39 is 0 Å². The van der Waals surface area contributed by atoms with E-state index in [2.05, 4.69) is 54.4 Å². The summed E-state index contributed by atoms with van der Waals surface area (Å²) in [5, 5.41) is 8.09. The number of para-hydroxylation sites is 1. The summed E-state index contributed by atoms with van der Waals surface area (Å²) in [6.45, 7) is 5.72. The van der Waals surface area contributed by atoms with Gasteiger partial charge >= 0.3 is 0 Å². The smallest absolute Gasteiger partial charge is 0.256 e. The van der Waals surface area contributed by atoms with Gasteiger partial charge in [0.2, 0.25) is 0 Å². The maximum atomic E-state index is 6.67. The summed E-state index contributed by atoms with van der Waals surface area (Å²) in [5.41, 5.74) is 4.93. The Bertz CT molecular complexity index is 2010. The molecule has 0 saturated heterocycles. The molecule has 0 bridgehead atoms.